The Bertz CT molecular complexity index is 856. The van der Waals surface area contributed by atoms with Crippen molar-refractivity contribution >= 4 is 23.2 Å². The largest absolute Gasteiger partial charge is 0.338 e. The molecule has 28 heavy (non-hydrogen) atoms. The molecular weight excluding hydrogens is 350 g/mol. The maximum absolute atomic E-state index is 13.0. The molecule has 5 heteroatoms. The number of hydrogen-bond donors (Lipinski definition) is 0. The Morgan fingerprint density at radius 1 is 0.929 bits per heavy atom. The molecule has 0 atom stereocenters. The van der Waals surface area contributed by atoms with Gasteiger partial charge in [-0.3, -0.25) is 9.59 Å². The second-order valence-corrected chi connectivity index (χ2v) is 7.51. The van der Waals surface area contributed by atoms with Crippen molar-refractivity contribution in [3.8, 4) is 0 Å². The Hall–Kier alpha value is -2.95. The Morgan fingerprint density at radius 3 is 2.25 bits per heavy atom. The van der Waals surface area contributed by atoms with Crippen LogP contribution in [0.15, 0.2) is 65.8 Å². The summed E-state index contributed by atoms with van der Waals surface area (Å²) in [5.74, 6) is 0.526. The minimum Gasteiger partial charge on any atom is -0.338 e. The van der Waals surface area contributed by atoms with Crippen molar-refractivity contribution < 1.29 is 9.59 Å². The number of hydrazone groups is 1. The van der Waals surface area contributed by atoms with Crippen molar-refractivity contribution in [2.24, 2.45) is 11.0 Å². The molecule has 0 unspecified atom stereocenters. The number of amides is 2. The molecule has 2 aromatic rings. The molecule has 2 amide bonds. The first-order chi connectivity index (χ1) is 13.7. The summed E-state index contributed by atoms with van der Waals surface area (Å²) in [5.41, 5.74) is 2.56. The third-order valence-electron chi connectivity index (χ3n) is 5.55. The third-order valence-corrected chi connectivity index (χ3v) is 5.55. The quantitative estimate of drug-likeness (QED) is 0.819. The van der Waals surface area contributed by atoms with E-state index < -0.39 is 0 Å². The highest BCUT2D eigenvalue weighted by atomic mass is 16.2. The summed E-state index contributed by atoms with van der Waals surface area (Å²) < 4.78 is 0. The van der Waals surface area contributed by atoms with Gasteiger partial charge in [-0.15, -0.1) is 0 Å². The van der Waals surface area contributed by atoms with E-state index in [1.807, 2.05) is 41.3 Å². The van der Waals surface area contributed by atoms with Gasteiger partial charge in [-0.05, 0) is 42.9 Å². The summed E-state index contributed by atoms with van der Waals surface area (Å²) in [6, 6.07) is 19.8. The molecule has 4 rings (SSSR count). The van der Waals surface area contributed by atoms with Gasteiger partial charge in [0.05, 0.1) is 5.69 Å². The zero-order valence-electron chi connectivity index (χ0n) is 16.0. The van der Waals surface area contributed by atoms with Gasteiger partial charge in [0.25, 0.3) is 5.91 Å². The van der Waals surface area contributed by atoms with Gasteiger partial charge in [0.2, 0.25) is 5.91 Å². The highest BCUT2D eigenvalue weighted by Crippen LogP contribution is 2.24. The molecule has 2 aliphatic heterocycles. The average molecular weight is 375 g/mol. The van der Waals surface area contributed by atoms with Crippen LogP contribution in [0.1, 0.15) is 31.2 Å². The van der Waals surface area contributed by atoms with E-state index in [0.717, 1.165) is 32.4 Å². The van der Waals surface area contributed by atoms with Crippen LogP contribution in [0.25, 0.3) is 0 Å². The van der Waals surface area contributed by atoms with E-state index in [2.05, 4.69) is 29.4 Å². The predicted molar refractivity (Wildman–Crippen MR) is 110 cm³/mol. The SMILES string of the molecule is O=C(C1=NN(c2ccccc2)C(=O)CC1)N1CCC(Cc2ccccc2)CC1. The second-order valence-electron chi connectivity index (χ2n) is 7.51. The van der Waals surface area contributed by atoms with E-state index >= 15 is 0 Å². The molecule has 0 radical (unpaired) electrons. The fourth-order valence-corrected chi connectivity index (χ4v) is 3.95. The number of nitrogens with zero attached hydrogens (tertiary/aromatic N) is 3. The summed E-state index contributed by atoms with van der Waals surface area (Å²) in [6.45, 7) is 1.52. The van der Waals surface area contributed by atoms with E-state index in [9.17, 15) is 9.59 Å². The number of hydrogen-bond acceptors (Lipinski definition) is 3. The summed E-state index contributed by atoms with van der Waals surface area (Å²) in [6.07, 6.45) is 3.83. The first-order valence-electron chi connectivity index (χ1n) is 9.99. The minimum absolute atomic E-state index is 0.0217. The van der Waals surface area contributed by atoms with E-state index in [4.69, 9.17) is 0 Å². The number of likely N-dealkylation sites (tertiary alicyclic amines) is 1. The molecular formula is C23H25N3O2. The number of carbonyl (C=O) groups is 2. The molecule has 5 nitrogen and oxygen atoms in total. The predicted octanol–water partition coefficient (Wildman–Crippen LogP) is 3.65. The van der Waals surface area contributed by atoms with Crippen molar-refractivity contribution in [1.29, 1.82) is 0 Å². The standard InChI is InChI=1S/C23H25N3O2/c27-22-12-11-21(24-26(22)20-9-5-2-6-10-20)23(28)25-15-13-19(14-16-25)17-18-7-3-1-4-8-18/h1-10,19H,11-17H2. The topological polar surface area (TPSA) is 53.0 Å². The minimum atomic E-state index is -0.0654. The molecule has 0 aromatic heterocycles. The van der Waals surface area contributed by atoms with Crippen LogP contribution in [-0.2, 0) is 16.0 Å². The fraction of sp³-hybridized carbons (Fsp3) is 0.348. The summed E-state index contributed by atoms with van der Waals surface area (Å²) in [4.78, 5) is 27.1. The summed E-state index contributed by atoms with van der Waals surface area (Å²) in [7, 11) is 0. The van der Waals surface area contributed by atoms with Gasteiger partial charge in [-0.25, -0.2) is 5.01 Å². The number of rotatable bonds is 4. The zero-order chi connectivity index (χ0) is 19.3. The van der Waals surface area contributed by atoms with E-state index in [0.29, 0.717) is 30.2 Å². The first-order valence-corrected chi connectivity index (χ1v) is 9.99. The lowest BCUT2D eigenvalue weighted by molar-refractivity contribution is -0.125. The van der Waals surface area contributed by atoms with Gasteiger partial charge in [-0.1, -0.05) is 48.5 Å². The monoisotopic (exact) mass is 375 g/mol. The molecule has 2 aliphatic rings. The second kappa shape index (κ2) is 8.38. The van der Waals surface area contributed by atoms with Gasteiger partial charge in [-0.2, -0.15) is 5.10 Å². The smallest absolute Gasteiger partial charge is 0.270 e. The fourth-order valence-electron chi connectivity index (χ4n) is 3.95. The lowest BCUT2D eigenvalue weighted by atomic mass is 9.90. The molecule has 0 spiro atoms. The Balaban J connectivity index is 1.39. The number of para-hydroxylation sites is 1. The molecule has 144 valence electrons. The van der Waals surface area contributed by atoms with E-state index in [1.165, 1.54) is 10.6 Å². The van der Waals surface area contributed by atoms with Crippen LogP contribution >= 0.6 is 0 Å². The van der Waals surface area contributed by atoms with Crippen molar-refractivity contribution in [2.45, 2.75) is 32.1 Å². The zero-order valence-corrected chi connectivity index (χ0v) is 16.0. The van der Waals surface area contributed by atoms with Crippen LogP contribution in [0.4, 0.5) is 5.69 Å². The maximum atomic E-state index is 13.0. The lowest BCUT2D eigenvalue weighted by Gasteiger charge is -2.33. The average Bonchev–Trinajstić information content (AvgIpc) is 2.75. The van der Waals surface area contributed by atoms with Crippen LogP contribution in [0.2, 0.25) is 0 Å². The van der Waals surface area contributed by atoms with Crippen molar-refractivity contribution in [1.82, 2.24) is 4.90 Å². The van der Waals surface area contributed by atoms with Crippen LogP contribution in [0.5, 0.6) is 0 Å². The molecule has 1 fully saturated rings. The van der Waals surface area contributed by atoms with Gasteiger partial charge in [0, 0.05) is 25.9 Å². The first kappa shape index (κ1) is 18.4. The van der Waals surface area contributed by atoms with Crippen molar-refractivity contribution in [3.63, 3.8) is 0 Å². The van der Waals surface area contributed by atoms with E-state index in [1.54, 1.807) is 0 Å². The molecule has 1 saturated heterocycles. The van der Waals surface area contributed by atoms with Crippen LogP contribution < -0.4 is 5.01 Å². The number of anilines is 1. The van der Waals surface area contributed by atoms with Crippen molar-refractivity contribution in [2.75, 3.05) is 18.1 Å². The normalized spacial score (nSPS) is 18.1. The van der Waals surface area contributed by atoms with Gasteiger partial charge < -0.3 is 4.90 Å². The maximum Gasteiger partial charge on any atom is 0.270 e. The Morgan fingerprint density at radius 2 is 1.57 bits per heavy atom. The highest BCUT2D eigenvalue weighted by molar-refractivity contribution is 6.40. The molecule has 0 bridgehead atoms. The number of piperidine rings is 1. The van der Waals surface area contributed by atoms with E-state index in [-0.39, 0.29) is 11.8 Å². The molecule has 2 aromatic carbocycles. The highest BCUT2D eigenvalue weighted by Gasteiger charge is 2.30. The van der Waals surface area contributed by atoms with Crippen LogP contribution in [-0.4, -0.2) is 35.5 Å². The third kappa shape index (κ3) is 4.14. The molecule has 0 N–H and O–H groups in total. The Labute approximate surface area is 165 Å². The van der Waals surface area contributed by atoms with Crippen LogP contribution in [0.3, 0.4) is 0 Å². The molecule has 0 saturated carbocycles. The number of carbonyl (C=O) groups excluding carboxylic acids is 2. The lowest BCUT2D eigenvalue weighted by Crippen LogP contribution is -2.45. The molecule has 2 heterocycles. The van der Waals surface area contributed by atoms with Gasteiger partial charge in [0.15, 0.2) is 0 Å². The van der Waals surface area contributed by atoms with Gasteiger partial charge in [0.1, 0.15) is 5.71 Å². The summed E-state index contributed by atoms with van der Waals surface area (Å²) in [5, 5.41) is 5.78. The van der Waals surface area contributed by atoms with Gasteiger partial charge >= 0.3 is 0 Å². The molecule has 0 aliphatic carbocycles. The number of benzene rings is 2. The Kier molecular flexibility index (Phi) is 5.51. The van der Waals surface area contributed by atoms with Crippen molar-refractivity contribution in [3.05, 3.63) is 66.2 Å². The van der Waals surface area contributed by atoms with Crippen LogP contribution in [0, 0.1) is 5.92 Å². The summed E-state index contributed by atoms with van der Waals surface area (Å²) >= 11 is 0.